The Kier molecular flexibility index (Phi) is 5.85. The average molecular weight is 297 g/mol. The number of hydrogen-bond donors (Lipinski definition) is 0. The zero-order chi connectivity index (χ0) is 15.2. The predicted octanol–water partition coefficient (Wildman–Crippen LogP) is 1.02. The molecule has 2 rings (SSSR count). The highest BCUT2D eigenvalue weighted by Crippen LogP contribution is 2.16. The molecule has 2 aliphatic heterocycles. The fourth-order valence-corrected chi connectivity index (χ4v) is 2.86. The van der Waals surface area contributed by atoms with Gasteiger partial charge in [0.25, 0.3) is 0 Å². The van der Waals surface area contributed by atoms with Gasteiger partial charge in [0, 0.05) is 26.2 Å². The number of amides is 2. The fourth-order valence-electron chi connectivity index (χ4n) is 2.86. The maximum Gasteiger partial charge on any atom is 0.409 e. The Morgan fingerprint density at radius 1 is 1.00 bits per heavy atom. The standard InChI is InChI=1S/C15H27N3O3/c1-3-21-15(20)18-10-8-17(9-11-18)14(19)12-16-6-4-13(2)5-7-16/h13H,3-12H2,1-2H3. The first kappa shape index (κ1) is 16.1. The molecule has 120 valence electrons. The number of likely N-dealkylation sites (tertiary alicyclic amines) is 1. The number of ether oxygens (including phenoxy) is 1. The molecule has 0 radical (unpaired) electrons. The summed E-state index contributed by atoms with van der Waals surface area (Å²) in [6, 6.07) is 0. The van der Waals surface area contributed by atoms with E-state index in [1.807, 2.05) is 4.90 Å². The summed E-state index contributed by atoms with van der Waals surface area (Å²) in [5, 5.41) is 0. The lowest BCUT2D eigenvalue weighted by molar-refractivity contribution is -0.134. The second-order valence-corrected chi connectivity index (χ2v) is 6.03. The van der Waals surface area contributed by atoms with E-state index in [1.165, 1.54) is 12.8 Å². The minimum absolute atomic E-state index is 0.188. The van der Waals surface area contributed by atoms with Crippen molar-refractivity contribution in [1.29, 1.82) is 0 Å². The molecule has 2 saturated heterocycles. The molecule has 2 fully saturated rings. The maximum absolute atomic E-state index is 12.3. The van der Waals surface area contributed by atoms with E-state index in [0.717, 1.165) is 19.0 Å². The van der Waals surface area contributed by atoms with Gasteiger partial charge in [-0.1, -0.05) is 6.92 Å². The fraction of sp³-hybridized carbons (Fsp3) is 0.867. The molecule has 0 aliphatic carbocycles. The minimum Gasteiger partial charge on any atom is -0.450 e. The van der Waals surface area contributed by atoms with Gasteiger partial charge >= 0.3 is 6.09 Å². The van der Waals surface area contributed by atoms with E-state index in [2.05, 4.69) is 11.8 Å². The number of hydrogen-bond acceptors (Lipinski definition) is 4. The molecule has 2 amide bonds. The quantitative estimate of drug-likeness (QED) is 0.780. The normalized spacial score (nSPS) is 21.4. The molecule has 0 saturated carbocycles. The first-order valence-electron chi connectivity index (χ1n) is 8.02. The van der Waals surface area contributed by atoms with Crippen molar-refractivity contribution < 1.29 is 14.3 Å². The van der Waals surface area contributed by atoms with Crippen LogP contribution in [0.1, 0.15) is 26.7 Å². The summed E-state index contributed by atoms with van der Waals surface area (Å²) >= 11 is 0. The van der Waals surface area contributed by atoms with Gasteiger partial charge in [0.15, 0.2) is 0 Å². The van der Waals surface area contributed by atoms with Crippen LogP contribution in [0, 0.1) is 5.92 Å². The van der Waals surface area contributed by atoms with Crippen molar-refractivity contribution in [3.63, 3.8) is 0 Å². The topological polar surface area (TPSA) is 53.1 Å². The smallest absolute Gasteiger partial charge is 0.409 e. The number of piperazine rings is 1. The third kappa shape index (κ3) is 4.59. The van der Waals surface area contributed by atoms with Crippen molar-refractivity contribution in [2.24, 2.45) is 5.92 Å². The Balaban J connectivity index is 1.71. The highest BCUT2D eigenvalue weighted by Gasteiger charge is 2.26. The van der Waals surface area contributed by atoms with E-state index in [4.69, 9.17) is 4.74 Å². The van der Waals surface area contributed by atoms with Gasteiger partial charge in [0.2, 0.25) is 5.91 Å². The molecule has 6 nitrogen and oxygen atoms in total. The van der Waals surface area contributed by atoms with E-state index in [-0.39, 0.29) is 12.0 Å². The number of nitrogens with zero attached hydrogens (tertiary/aromatic N) is 3. The van der Waals surface area contributed by atoms with E-state index in [1.54, 1.807) is 11.8 Å². The zero-order valence-corrected chi connectivity index (χ0v) is 13.2. The molecular weight excluding hydrogens is 270 g/mol. The molecule has 0 aromatic carbocycles. The molecule has 0 spiro atoms. The summed E-state index contributed by atoms with van der Waals surface area (Å²) in [6.07, 6.45) is 2.10. The average Bonchev–Trinajstić information content (AvgIpc) is 2.50. The third-order valence-corrected chi connectivity index (χ3v) is 4.39. The van der Waals surface area contributed by atoms with E-state index in [0.29, 0.717) is 39.3 Å². The Hall–Kier alpha value is -1.30. The summed E-state index contributed by atoms with van der Waals surface area (Å²) in [6.45, 7) is 9.40. The molecule has 2 aliphatic rings. The monoisotopic (exact) mass is 297 g/mol. The van der Waals surface area contributed by atoms with Crippen LogP contribution in [0.5, 0.6) is 0 Å². The van der Waals surface area contributed by atoms with Crippen molar-refractivity contribution in [3.8, 4) is 0 Å². The molecule has 0 bridgehead atoms. The Morgan fingerprint density at radius 2 is 1.57 bits per heavy atom. The molecule has 21 heavy (non-hydrogen) atoms. The highest BCUT2D eigenvalue weighted by atomic mass is 16.6. The van der Waals surface area contributed by atoms with Gasteiger partial charge in [-0.25, -0.2) is 4.79 Å². The van der Waals surface area contributed by atoms with Crippen molar-refractivity contribution in [2.75, 3.05) is 52.4 Å². The third-order valence-electron chi connectivity index (χ3n) is 4.39. The minimum atomic E-state index is -0.269. The predicted molar refractivity (Wildman–Crippen MR) is 80.0 cm³/mol. The van der Waals surface area contributed by atoms with E-state index < -0.39 is 0 Å². The van der Waals surface area contributed by atoms with Crippen LogP contribution < -0.4 is 0 Å². The van der Waals surface area contributed by atoms with Crippen molar-refractivity contribution in [2.45, 2.75) is 26.7 Å². The summed E-state index contributed by atoms with van der Waals surface area (Å²) in [5.74, 6) is 0.970. The zero-order valence-electron chi connectivity index (χ0n) is 13.2. The van der Waals surface area contributed by atoms with Crippen LogP contribution in [0.2, 0.25) is 0 Å². The van der Waals surface area contributed by atoms with Gasteiger partial charge in [-0.15, -0.1) is 0 Å². The number of carbonyl (C=O) groups is 2. The van der Waals surface area contributed by atoms with Crippen molar-refractivity contribution in [1.82, 2.24) is 14.7 Å². The van der Waals surface area contributed by atoms with Gasteiger partial charge in [-0.05, 0) is 38.8 Å². The van der Waals surface area contributed by atoms with Crippen LogP contribution in [0.4, 0.5) is 4.79 Å². The van der Waals surface area contributed by atoms with E-state index in [9.17, 15) is 9.59 Å². The summed E-state index contributed by atoms with van der Waals surface area (Å²) < 4.78 is 4.98. The van der Waals surface area contributed by atoms with Gasteiger partial charge in [-0.3, -0.25) is 9.69 Å². The molecule has 6 heteroatoms. The summed E-state index contributed by atoms with van der Waals surface area (Å²) in [7, 11) is 0. The van der Waals surface area contributed by atoms with Crippen LogP contribution in [-0.4, -0.2) is 79.1 Å². The van der Waals surface area contributed by atoms with Gasteiger partial charge in [0.05, 0.1) is 13.2 Å². The largest absolute Gasteiger partial charge is 0.450 e. The van der Waals surface area contributed by atoms with Crippen LogP contribution in [0.15, 0.2) is 0 Å². The Morgan fingerprint density at radius 3 is 2.14 bits per heavy atom. The SMILES string of the molecule is CCOC(=O)N1CCN(C(=O)CN2CCC(C)CC2)CC1. The van der Waals surface area contributed by atoms with Gasteiger partial charge < -0.3 is 14.5 Å². The molecular formula is C15H27N3O3. The molecule has 0 unspecified atom stereocenters. The highest BCUT2D eigenvalue weighted by molar-refractivity contribution is 5.78. The maximum atomic E-state index is 12.3. The van der Waals surface area contributed by atoms with Crippen LogP contribution in [0.3, 0.4) is 0 Å². The summed E-state index contributed by atoms with van der Waals surface area (Å²) in [5.41, 5.74) is 0. The van der Waals surface area contributed by atoms with Crippen molar-refractivity contribution >= 4 is 12.0 Å². The molecule has 0 N–H and O–H groups in total. The van der Waals surface area contributed by atoms with Crippen LogP contribution in [0.25, 0.3) is 0 Å². The second kappa shape index (κ2) is 7.64. The lowest BCUT2D eigenvalue weighted by atomic mass is 9.99. The summed E-state index contributed by atoms with van der Waals surface area (Å²) in [4.78, 5) is 29.7. The number of piperidine rings is 1. The van der Waals surface area contributed by atoms with Crippen LogP contribution >= 0.6 is 0 Å². The number of carbonyl (C=O) groups excluding carboxylic acids is 2. The van der Waals surface area contributed by atoms with Gasteiger partial charge in [-0.2, -0.15) is 0 Å². The number of rotatable bonds is 3. The second-order valence-electron chi connectivity index (χ2n) is 6.03. The Labute approximate surface area is 127 Å². The van der Waals surface area contributed by atoms with Crippen LogP contribution in [-0.2, 0) is 9.53 Å². The molecule has 2 heterocycles. The molecule has 0 atom stereocenters. The first-order valence-corrected chi connectivity index (χ1v) is 8.02. The molecule has 0 aromatic heterocycles. The molecule has 0 aromatic rings. The van der Waals surface area contributed by atoms with E-state index >= 15 is 0 Å². The first-order chi connectivity index (χ1) is 10.1. The Bertz CT molecular complexity index is 359. The lowest BCUT2D eigenvalue weighted by Crippen LogP contribution is -2.53. The van der Waals surface area contributed by atoms with Gasteiger partial charge in [0.1, 0.15) is 0 Å². The lowest BCUT2D eigenvalue weighted by Gasteiger charge is -2.36. The van der Waals surface area contributed by atoms with Crippen molar-refractivity contribution in [3.05, 3.63) is 0 Å².